The molecule has 1 spiro atoms. The number of aromatic nitrogens is 1. The summed E-state index contributed by atoms with van der Waals surface area (Å²) in [5, 5.41) is 15.9. The first kappa shape index (κ1) is 14.1. The molecule has 0 bridgehead atoms. The Hall–Kier alpha value is -1.87. The second-order valence-corrected chi connectivity index (χ2v) is 5.99. The summed E-state index contributed by atoms with van der Waals surface area (Å²) in [4.78, 5) is 12.1. The number of ether oxygens (including phenoxy) is 1. The lowest BCUT2D eigenvalue weighted by Gasteiger charge is -2.47. The highest BCUT2D eigenvalue weighted by molar-refractivity contribution is 5.79. The number of carbonyl (C=O) groups excluding carboxylic acids is 1. The van der Waals surface area contributed by atoms with E-state index in [0.717, 1.165) is 25.7 Å². The number of amides is 1. The highest BCUT2D eigenvalue weighted by Gasteiger charge is 2.42. The molecule has 6 nitrogen and oxygen atoms in total. The van der Waals surface area contributed by atoms with Gasteiger partial charge in [-0.05, 0) is 39.0 Å². The molecule has 6 heteroatoms. The molecule has 1 saturated carbocycles. The van der Waals surface area contributed by atoms with Gasteiger partial charge in [-0.3, -0.25) is 4.79 Å². The number of carbonyl (C=O) groups is 1. The van der Waals surface area contributed by atoms with Crippen molar-refractivity contribution in [3.63, 3.8) is 0 Å². The number of nitrogens with zero attached hydrogens (tertiary/aromatic N) is 2. The Morgan fingerprint density at radius 3 is 3.05 bits per heavy atom. The number of aryl methyl sites for hydroxylation is 1. The van der Waals surface area contributed by atoms with Gasteiger partial charge in [0.2, 0.25) is 5.91 Å². The lowest BCUT2D eigenvalue weighted by molar-refractivity contribution is -0.140. The summed E-state index contributed by atoms with van der Waals surface area (Å²) in [6.07, 6.45) is 5.23. The van der Waals surface area contributed by atoms with E-state index in [9.17, 15) is 4.79 Å². The predicted molar refractivity (Wildman–Crippen MR) is 73.4 cm³/mol. The molecule has 1 saturated heterocycles. The van der Waals surface area contributed by atoms with E-state index in [1.165, 1.54) is 6.42 Å². The molecule has 0 radical (unpaired) electrons. The van der Waals surface area contributed by atoms with Crippen molar-refractivity contribution >= 4 is 5.91 Å². The maximum absolute atomic E-state index is 12.1. The average Bonchev–Trinajstić information content (AvgIpc) is 2.77. The molecule has 1 aliphatic carbocycles. The van der Waals surface area contributed by atoms with Gasteiger partial charge < -0.3 is 14.6 Å². The van der Waals surface area contributed by atoms with E-state index in [-0.39, 0.29) is 24.0 Å². The molecule has 2 heterocycles. The van der Waals surface area contributed by atoms with Crippen LogP contribution < -0.4 is 5.32 Å². The first-order valence-electron chi connectivity index (χ1n) is 7.40. The van der Waals surface area contributed by atoms with Crippen LogP contribution in [0.5, 0.6) is 0 Å². The molecular formula is C15H19N3O3. The minimum atomic E-state index is -0.110. The van der Waals surface area contributed by atoms with Crippen molar-refractivity contribution in [2.45, 2.75) is 57.1 Å². The van der Waals surface area contributed by atoms with Gasteiger partial charge in [-0.1, -0.05) is 5.16 Å². The Balaban J connectivity index is 1.58. The molecule has 2 aliphatic rings. The lowest BCUT2D eigenvalue weighted by Crippen LogP contribution is -2.52. The van der Waals surface area contributed by atoms with Gasteiger partial charge in [0.05, 0.1) is 12.0 Å². The van der Waals surface area contributed by atoms with Crippen LogP contribution in [0, 0.1) is 18.3 Å². The average molecular weight is 289 g/mol. The van der Waals surface area contributed by atoms with Gasteiger partial charge in [0.1, 0.15) is 17.3 Å². The summed E-state index contributed by atoms with van der Waals surface area (Å²) < 4.78 is 10.8. The summed E-state index contributed by atoms with van der Waals surface area (Å²) in [6.45, 7) is 2.38. The van der Waals surface area contributed by atoms with Gasteiger partial charge in [0.25, 0.3) is 0 Å². The van der Waals surface area contributed by atoms with Gasteiger partial charge in [0, 0.05) is 12.6 Å². The zero-order chi connectivity index (χ0) is 14.9. The maximum Gasteiger partial charge on any atom is 0.226 e. The van der Waals surface area contributed by atoms with Crippen LogP contribution in [0.15, 0.2) is 4.52 Å². The molecule has 2 fully saturated rings. The van der Waals surface area contributed by atoms with Gasteiger partial charge >= 0.3 is 0 Å². The second kappa shape index (κ2) is 5.49. The van der Waals surface area contributed by atoms with E-state index in [1.807, 2.05) is 6.07 Å². The molecule has 1 N–H and O–H groups in total. The smallest absolute Gasteiger partial charge is 0.226 e. The molecule has 1 atom stereocenters. The van der Waals surface area contributed by atoms with Crippen molar-refractivity contribution in [1.82, 2.24) is 10.5 Å². The summed E-state index contributed by atoms with van der Waals surface area (Å²) >= 11 is 0. The highest BCUT2D eigenvalue weighted by atomic mass is 16.5. The summed E-state index contributed by atoms with van der Waals surface area (Å²) in [5.41, 5.74) is 0.795. The maximum atomic E-state index is 12.1. The van der Waals surface area contributed by atoms with Crippen LogP contribution in [0.3, 0.4) is 0 Å². The second-order valence-electron chi connectivity index (χ2n) is 5.99. The third-order valence-corrected chi connectivity index (χ3v) is 4.50. The number of hydrogen-bond donors (Lipinski definition) is 1. The summed E-state index contributed by atoms with van der Waals surface area (Å²) in [7, 11) is 0. The summed E-state index contributed by atoms with van der Waals surface area (Å²) in [6, 6.07) is 2.19. The van der Waals surface area contributed by atoms with Gasteiger partial charge in [-0.15, -0.1) is 0 Å². The first-order valence-corrected chi connectivity index (χ1v) is 7.40. The van der Waals surface area contributed by atoms with Crippen molar-refractivity contribution in [2.75, 3.05) is 6.61 Å². The standard InChI is InChI=1S/C15H19N3O3/c1-10-12(9-16)13(18-21-10)7-14(19)17-11-3-6-20-15(8-11)4-2-5-15/h11H,2-8H2,1H3,(H,17,19). The molecule has 112 valence electrons. The summed E-state index contributed by atoms with van der Waals surface area (Å²) in [5.74, 6) is 0.348. The Morgan fingerprint density at radius 1 is 1.57 bits per heavy atom. The van der Waals surface area contributed by atoms with E-state index >= 15 is 0 Å². The van der Waals surface area contributed by atoms with Crippen LogP contribution >= 0.6 is 0 Å². The van der Waals surface area contributed by atoms with Gasteiger partial charge in [0.15, 0.2) is 5.76 Å². The molecule has 1 aromatic heterocycles. The molecule has 3 rings (SSSR count). The molecular weight excluding hydrogens is 270 g/mol. The van der Waals surface area contributed by atoms with Crippen molar-refractivity contribution in [2.24, 2.45) is 0 Å². The van der Waals surface area contributed by atoms with Crippen molar-refractivity contribution in [3.05, 3.63) is 17.0 Å². The molecule has 1 amide bonds. The number of rotatable bonds is 3. The zero-order valence-corrected chi connectivity index (χ0v) is 12.1. The topological polar surface area (TPSA) is 88.2 Å². The van der Waals surface area contributed by atoms with Crippen LogP contribution in [-0.2, 0) is 16.0 Å². The fourth-order valence-corrected chi connectivity index (χ4v) is 3.18. The lowest BCUT2D eigenvalue weighted by atomic mass is 9.74. The quantitative estimate of drug-likeness (QED) is 0.913. The van der Waals surface area contributed by atoms with Crippen LogP contribution in [-0.4, -0.2) is 29.3 Å². The number of nitrogens with one attached hydrogen (secondary N) is 1. The third-order valence-electron chi connectivity index (χ3n) is 4.50. The Morgan fingerprint density at radius 2 is 2.38 bits per heavy atom. The first-order chi connectivity index (χ1) is 10.1. The van der Waals surface area contributed by atoms with E-state index in [1.54, 1.807) is 6.92 Å². The largest absolute Gasteiger partial charge is 0.375 e. The van der Waals surface area contributed by atoms with Crippen molar-refractivity contribution in [1.29, 1.82) is 5.26 Å². The van der Waals surface area contributed by atoms with Crippen molar-refractivity contribution in [3.8, 4) is 6.07 Å². The SMILES string of the molecule is Cc1onc(CC(=O)NC2CCOC3(CCC3)C2)c1C#N. The zero-order valence-electron chi connectivity index (χ0n) is 12.1. The predicted octanol–water partition coefficient (Wildman–Crippen LogP) is 1.62. The van der Waals surface area contributed by atoms with Gasteiger partial charge in [-0.2, -0.15) is 5.26 Å². The monoisotopic (exact) mass is 289 g/mol. The fourth-order valence-electron chi connectivity index (χ4n) is 3.18. The normalized spacial score (nSPS) is 23.3. The molecule has 1 aromatic rings. The number of nitriles is 1. The van der Waals surface area contributed by atoms with E-state index < -0.39 is 0 Å². The Kier molecular flexibility index (Phi) is 3.68. The Labute approximate surface area is 123 Å². The molecule has 21 heavy (non-hydrogen) atoms. The molecule has 0 aromatic carbocycles. The van der Waals surface area contributed by atoms with Gasteiger partial charge in [-0.25, -0.2) is 0 Å². The highest BCUT2D eigenvalue weighted by Crippen LogP contribution is 2.42. The van der Waals surface area contributed by atoms with E-state index in [4.69, 9.17) is 14.5 Å². The van der Waals surface area contributed by atoms with Crippen LogP contribution in [0.4, 0.5) is 0 Å². The van der Waals surface area contributed by atoms with E-state index in [0.29, 0.717) is 23.6 Å². The van der Waals surface area contributed by atoms with Crippen LogP contribution in [0.25, 0.3) is 0 Å². The molecule has 1 unspecified atom stereocenters. The number of hydrogen-bond acceptors (Lipinski definition) is 5. The minimum absolute atomic E-state index is 0.0124. The van der Waals surface area contributed by atoms with Crippen LogP contribution in [0.1, 0.15) is 49.1 Å². The fraction of sp³-hybridized carbons (Fsp3) is 0.667. The Bertz CT molecular complexity index is 583. The van der Waals surface area contributed by atoms with Crippen LogP contribution in [0.2, 0.25) is 0 Å². The third kappa shape index (κ3) is 2.79. The van der Waals surface area contributed by atoms with Crippen molar-refractivity contribution < 1.29 is 14.1 Å². The minimum Gasteiger partial charge on any atom is -0.375 e. The molecule has 1 aliphatic heterocycles. The van der Waals surface area contributed by atoms with E-state index in [2.05, 4.69) is 10.5 Å².